The van der Waals surface area contributed by atoms with Crippen LogP contribution in [0.1, 0.15) is 0 Å². The molecule has 0 aliphatic heterocycles. The van der Waals surface area contributed by atoms with Crippen molar-refractivity contribution in [3.8, 4) is 0 Å². The van der Waals surface area contributed by atoms with E-state index in [4.69, 9.17) is 4.21 Å². The summed E-state index contributed by atoms with van der Waals surface area (Å²) < 4.78 is 29.3. The predicted octanol–water partition coefficient (Wildman–Crippen LogP) is 0.701. The van der Waals surface area contributed by atoms with E-state index in [0.29, 0.717) is 16.6 Å². The molecule has 0 aromatic heterocycles. The van der Waals surface area contributed by atoms with Crippen LogP contribution >= 0.6 is 0 Å². The van der Waals surface area contributed by atoms with E-state index in [-0.39, 0.29) is 0 Å². The van der Waals surface area contributed by atoms with Crippen LogP contribution in [-0.4, -0.2) is 14.7 Å². The second-order valence-electron chi connectivity index (χ2n) is 1.76. The molecule has 0 saturated carbocycles. The van der Waals surface area contributed by atoms with E-state index in [0.717, 1.165) is 0 Å². The van der Waals surface area contributed by atoms with Gasteiger partial charge in [-0.15, -0.1) is 0 Å². The molecule has 0 N–H and O–H groups in total. The maximum atomic E-state index is 10.2. The molecule has 0 bridgehead atoms. The molecule has 0 radical (unpaired) electrons. The Morgan fingerprint density at radius 2 is 1.58 bits per heavy atom. The molecule has 0 unspecified atom stereocenters. The average molecular weight is 205 g/mol. The minimum atomic E-state index is -2.40. The van der Waals surface area contributed by atoms with E-state index in [1.54, 1.807) is 30.3 Å². The number of hydrogen-bond donors (Lipinski definition) is 1. The van der Waals surface area contributed by atoms with Gasteiger partial charge < -0.3 is 0 Å². The van der Waals surface area contributed by atoms with Gasteiger partial charge >= 0.3 is 11.7 Å². The summed E-state index contributed by atoms with van der Waals surface area (Å²) >= 11 is 0.500. The molecule has 0 fully saturated rings. The third kappa shape index (κ3) is 4.92. The maximum absolute atomic E-state index is 10.2. The van der Waals surface area contributed by atoms with Crippen molar-refractivity contribution in [1.29, 1.82) is 0 Å². The van der Waals surface area contributed by atoms with Crippen molar-refractivity contribution in [3.63, 3.8) is 0 Å². The van der Waals surface area contributed by atoms with Gasteiger partial charge in [0.15, 0.2) is 10.7 Å². The van der Waals surface area contributed by atoms with Crippen LogP contribution in [0.4, 0.5) is 0 Å². The second-order valence-corrected chi connectivity index (χ2v) is 3.12. The molecule has 66 valence electrons. The summed E-state index contributed by atoms with van der Waals surface area (Å²) in [4.78, 5) is 0.368. The fraction of sp³-hybridized carbons (Fsp3) is 0.143. The molecule has 5 heteroatoms. The van der Waals surface area contributed by atoms with Crippen molar-refractivity contribution in [1.82, 2.24) is 0 Å². The Morgan fingerprint density at radius 3 is 1.83 bits per heavy atom. The van der Waals surface area contributed by atoms with Crippen LogP contribution in [0.3, 0.4) is 0 Å². The lowest BCUT2D eigenvalue weighted by Gasteiger charge is -1.83. The largest absolute Gasteiger partial charge is 0.455 e. The number of rotatable bonds is 1. The van der Waals surface area contributed by atoms with Crippen molar-refractivity contribution < 1.29 is 12.6 Å². The number of hydrogen-bond acceptors (Lipinski definition) is 3. The van der Waals surface area contributed by atoms with Gasteiger partial charge in [0.05, 0.1) is 4.90 Å². The maximum Gasteiger partial charge on any atom is 0.455 e. The van der Waals surface area contributed by atoms with E-state index >= 15 is 0 Å². The van der Waals surface area contributed by atoms with Crippen LogP contribution in [0.2, 0.25) is 0 Å². The van der Waals surface area contributed by atoms with Crippen molar-refractivity contribution in [2.24, 2.45) is 0 Å². The van der Waals surface area contributed by atoms with Gasteiger partial charge in [0.2, 0.25) is 6.26 Å². The second kappa shape index (κ2) is 6.87. The SMILES string of the molecule is C[S+]=O.O=[SH](=O)c1ccccc1. The van der Waals surface area contributed by atoms with E-state index < -0.39 is 10.7 Å². The molecule has 0 spiro atoms. The van der Waals surface area contributed by atoms with Gasteiger partial charge in [0.1, 0.15) is 0 Å². The first kappa shape index (κ1) is 11.2. The Hall–Kier alpha value is -0.810. The van der Waals surface area contributed by atoms with E-state index in [9.17, 15) is 8.42 Å². The van der Waals surface area contributed by atoms with Crippen LogP contribution in [0.15, 0.2) is 35.2 Å². The minimum absolute atomic E-state index is 0.368. The smallest absolute Gasteiger partial charge is 0.227 e. The van der Waals surface area contributed by atoms with E-state index in [2.05, 4.69) is 0 Å². The van der Waals surface area contributed by atoms with Gasteiger partial charge in [0.25, 0.3) is 0 Å². The fourth-order valence-electron chi connectivity index (χ4n) is 0.550. The Balaban J connectivity index is 0.000000354. The molecule has 0 atom stereocenters. The standard InChI is InChI=1S/C6H6O2S.CH3OS/c7-9(8)6-4-2-1-3-5-6;1-3-2/h1-5,9H;1H3/q;+1. The topological polar surface area (TPSA) is 51.2 Å². The molecule has 0 aliphatic carbocycles. The van der Waals surface area contributed by atoms with Crippen LogP contribution in [0, 0.1) is 0 Å². The van der Waals surface area contributed by atoms with Gasteiger partial charge in [-0.3, -0.25) is 0 Å². The molecule has 0 amide bonds. The third-order valence-electron chi connectivity index (χ3n) is 0.967. The molecule has 12 heavy (non-hydrogen) atoms. The molecule has 1 aromatic carbocycles. The van der Waals surface area contributed by atoms with Crippen molar-refractivity contribution in [2.45, 2.75) is 4.90 Å². The zero-order valence-corrected chi connectivity index (χ0v) is 8.18. The molecular formula is C7H9O3S2+. The molecule has 0 aliphatic rings. The quantitative estimate of drug-likeness (QED) is 0.542. The summed E-state index contributed by atoms with van der Waals surface area (Å²) in [6, 6.07) is 8.29. The zero-order chi connectivity index (χ0) is 9.40. The summed E-state index contributed by atoms with van der Waals surface area (Å²) in [5.41, 5.74) is 0. The molecule has 0 heterocycles. The van der Waals surface area contributed by atoms with Gasteiger partial charge in [0, 0.05) is 4.21 Å². The Morgan fingerprint density at radius 1 is 1.17 bits per heavy atom. The van der Waals surface area contributed by atoms with Crippen molar-refractivity contribution in [3.05, 3.63) is 30.3 Å². The zero-order valence-electron chi connectivity index (χ0n) is 6.47. The fourth-order valence-corrected chi connectivity index (χ4v) is 0.965. The van der Waals surface area contributed by atoms with Crippen LogP contribution in [-0.2, 0) is 26.6 Å². The third-order valence-corrected chi connectivity index (χ3v) is 1.69. The van der Waals surface area contributed by atoms with Gasteiger partial charge in [-0.25, -0.2) is 8.42 Å². The summed E-state index contributed by atoms with van der Waals surface area (Å²) in [6.45, 7) is 0. The van der Waals surface area contributed by atoms with Crippen LogP contribution < -0.4 is 0 Å². The Labute approximate surface area is 76.9 Å². The molecule has 3 nitrogen and oxygen atoms in total. The monoisotopic (exact) mass is 205 g/mol. The lowest BCUT2D eigenvalue weighted by Crippen LogP contribution is -1.75. The van der Waals surface area contributed by atoms with E-state index in [1.807, 2.05) is 0 Å². The highest BCUT2D eigenvalue weighted by molar-refractivity contribution is 7.72. The first-order valence-corrected chi connectivity index (χ1v) is 5.40. The number of benzene rings is 1. The molecule has 1 rings (SSSR count). The molecule has 0 saturated heterocycles. The first-order valence-electron chi connectivity index (χ1n) is 3.07. The normalized spacial score (nSPS) is 8.50. The molecule has 1 aromatic rings. The van der Waals surface area contributed by atoms with E-state index in [1.165, 1.54) is 6.26 Å². The predicted molar refractivity (Wildman–Crippen MR) is 49.0 cm³/mol. The van der Waals surface area contributed by atoms with Gasteiger partial charge in [-0.1, -0.05) is 18.2 Å². The van der Waals surface area contributed by atoms with Gasteiger partial charge in [-0.2, -0.15) is 0 Å². The first-order chi connectivity index (χ1) is 5.72. The van der Waals surface area contributed by atoms with Gasteiger partial charge in [-0.05, 0) is 12.1 Å². The van der Waals surface area contributed by atoms with Crippen molar-refractivity contribution in [2.75, 3.05) is 6.26 Å². The summed E-state index contributed by atoms with van der Waals surface area (Å²) in [6.07, 6.45) is 1.49. The highest BCUT2D eigenvalue weighted by atomic mass is 32.2. The highest BCUT2D eigenvalue weighted by Gasteiger charge is 1.87. The Bertz CT molecular complexity index is 285. The summed E-state index contributed by atoms with van der Waals surface area (Å²) in [5.74, 6) is 0. The minimum Gasteiger partial charge on any atom is -0.227 e. The Kier molecular flexibility index (Phi) is 6.41. The van der Waals surface area contributed by atoms with Crippen molar-refractivity contribution >= 4 is 22.4 Å². The average Bonchev–Trinajstić information content (AvgIpc) is 2.07. The van der Waals surface area contributed by atoms with Crippen LogP contribution in [0.5, 0.6) is 0 Å². The lowest BCUT2D eigenvalue weighted by atomic mass is 10.4. The number of thiol groups is 1. The molecular weight excluding hydrogens is 196 g/mol. The summed E-state index contributed by atoms with van der Waals surface area (Å²) in [5, 5.41) is 0. The van der Waals surface area contributed by atoms with Crippen LogP contribution in [0.25, 0.3) is 0 Å². The summed E-state index contributed by atoms with van der Waals surface area (Å²) in [7, 11) is -2.40. The highest BCUT2D eigenvalue weighted by Crippen LogP contribution is 1.97. The lowest BCUT2D eigenvalue weighted by molar-refractivity contribution is 0.607.